The Morgan fingerprint density at radius 2 is 1.71 bits per heavy atom. The summed E-state index contributed by atoms with van der Waals surface area (Å²) < 4.78 is 45.1. The quantitative estimate of drug-likeness (QED) is 0.568. The van der Waals surface area contributed by atoms with Crippen molar-refractivity contribution in [3.63, 3.8) is 0 Å². The summed E-state index contributed by atoms with van der Waals surface area (Å²) >= 11 is 0. The minimum atomic E-state index is -3.72. The van der Waals surface area contributed by atoms with Crippen molar-refractivity contribution in [2.45, 2.75) is 24.2 Å². The van der Waals surface area contributed by atoms with Crippen LogP contribution in [0.1, 0.15) is 19.3 Å². The summed E-state index contributed by atoms with van der Waals surface area (Å²) in [6, 6.07) is 15.8. The Morgan fingerprint density at radius 1 is 1.00 bits per heavy atom. The fourth-order valence-corrected chi connectivity index (χ4v) is 6.17. The van der Waals surface area contributed by atoms with Crippen LogP contribution in [-0.4, -0.2) is 76.6 Å². The van der Waals surface area contributed by atoms with Crippen LogP contribution in [0.25, 0.3) is 0 Å². The van der Waals surface area contributed by atoms with Crippen LogP contribution in [0.2, 0.25) is 0 Å². The van der Waals surface area contributed by atoms with E-state index >= 15 is 0 Å². The first kappa shape index (κ1) is 24.5. The summed E-state index contributed by atoms with van der Waals surface area (Å²) in [5.74, 6) is 1.32. The van der Waals surface area contributed by atoms with Crippen LogP contribution in [-0.2, 0) is 19.6 Å². The highest BCUT2D eigenvalue weighted by atomic mass is 32.2. The number of para-hydroxylation sites is 1. The third-order valence-corrected chi connectivity index (χ3v) is 8.36. The number of amides is 1. The van der Waals surface area contributed by atoms with Gasteiger partial charge in [-0.3, -0.25) is 4.79 Å². The molecule has 4 rings (SSSR count). The van der Waals surface area contributed by atoms with E-state index in [-0.39, 0.29) is 30.4 Å². The van der Waals surface area contributed by atoms with E-state index in [1.54, 1.807) is 31.4 Å². The maximum Gasteiger partial charge on any atom is 0.243 e. The topological polar surface area (TPSA) is 85.4 Å². The van der Waals surface area contributed by atoms with Gasteiger partial charge in [-0.1, -0.05) is 18.2 Å². The number of hydrogen-bond donors (Lipinski definition) is 0. The Hall–Kier alpha value is -2.62. The Balaban J connectivity index is 1.56. The van der Waals surface area contributed by atoms with Crippen LogP contribution in [0.4, 0.5) is 0 Å². The number of sulfonamides is 1. The molecular formula is C25H32N2O6S. The predicted molar refractivity (Wildman–Crippen MR) is 127 cm³/mol. The first-order valence-corrected chi connectivity index (χ1v) is 13.0. The van der Waals surface area contributed by atoms with Crippen molar-refractivity contribution in [3.8, 4) is 11.5 Å². The summed E-state index contributed by atoms with van der Waals surface area (Å²) in [5.41, 5.74) is -0.622. The van der Waals surface area contributed by atoms with Crippen LogP contribution in [0.15, 0.2) is 59.5 Å². The van der Waals surface area contributed by atoms with Gasteiger partial charge in [-0.25, -0.2) is 8.42 Å². The number of methoxy groups -OCH3 is 1. The minimum Gasteiger partial charge on any atom is -0.497 e. The molecule has 0 aliphatic carbocycles. The molecule has 2 aliphatic heterocycles. The summed E-state index contributed by atoms with van der Waals surface area (Å²) in [7, 11) is -2.18. The number of nitrogens with zero attached hydrogens (tertiary/aromatic N) is 2. The number of piperidine rings is 1. The number of hydrogen-bond acceptors (Lipinski definition) is 6. The molecule has 184 valence electrons. The zero-order valence-electron chi connectivity index (χ0n) is 19.5. The van der Waals surface area contributed by atoms with Crippen LogP contribution in [0, 0.1) is 5.41 Å². The molecule has 2 aromatic carbocycles. The normalized spacial score (nSPS) is 21.7. The van der Waals surface area contributed by atoms with Crippen molar-refractivity contribution in [1.82, 2.24) is 9.21 Å². The second kappa shape index (κ2) is 10.8. The maximum absolute atomic E-state index is 13.5. The van der Waals surface area contributed by atoms with Gasteiger partial charge in [0.05, 0.1) is 31.8 Å². The molecule has 34 heavy (non-hydrogen) atoms. The van der Waals surface area contributed by atoms with Crippen molar-refractivity contribution in [2.75, 3.05) is 53.1 Å². The third-order valence-electron chi connectivity index (χ3n) is 6.50. The first-order valence-electron chi connectivity index (χ1n) is 11.6. The maximum atomic E-state index is 13.5. The lowest BCUT2D eigenvalue weighted by Crippen LogP contribution is -2.51. The van der Waals surface area contributed by atoms with Crippen molar-refractivity contribution < 1.29 is 27.4 Å². The van der Waals surface area contributed by atoms with Crippen molar-refractivity contribution in [3.05, 3.63) is 54.6 Å². The van der Waals surface area contributed by atoms with Crippen molar-refractivity contribution >= 4 is 15.9 Å². The highest BCUT2D eigenvalue weighted by molar-refractivity contribution is 7.89. The van der Waals surface area contributed by atoms with Gasteiger partial charge in [-0.15, -0.1) is 0 Å². The lowest BCUT2D eigenvalue weighted by atomic mass is 9.78. The number of rotatable bonds is 8. The van der Waals surface area contributed by atoms with E-state index in [1.807, 2.05) is 35.2 Å². The van der Waals surface area contributed by atoms with Crippen LogP contribution in [0.5, 0.6) is 11.5 Å². The molecule has 0 radical (unpaired) electrons. The largest absolute Gasteiger partial charge is 0.497 e. The van der Waals surface area contributed by atoms with Gasteiger partial charge in [0.2, 0.25) is 15.9 Å². The average Bonchev–Trinajstić information content (AvgIpc) is 2.89. The Morgan fingerprint density at radius 3 is 2.38 bits per heavy atom. The second-order valence-electron chi connectivity index (χ2n) is 8.89. The molecule has 9 heteroatoms. The summed E-state index contributed by atoms with van der Waals surface area (Å²) in [6.45, 7) is 3.07. The SMILES string of the molecule is COc1ccc(S(=O)(=O)N2CCC[C@@](COc3ccccc3)(CC(=O)N3CCOCC3)C2)cc1. The number of carbonyl (C=O) groups is 1. The molecule has 2 aliphatic rings. The Kier molecular flexibility index (Phi) is 7.75. The standard InChI is InChI=1S/C25H32N2O6S/c1-31-21-8-10-23(11-9-21)34(29,30)27-13-5-12-25(19-27,20-33-22-6-3-2-4-7-22)18-24(28)26-14-16-32-17-15-26/h2-4,6-11H,5,12-20H2,1H3/t25-/m1/s1. The number of morpholine rings is 1. The molecule has 0 N–H and O–H groups in total. The van der Waals surface area contributed by atoms with Gasteiger partial charge in [-0.05, 0) is 49.2 Å². The summed E-state index contributed by atoms with van der Waals surface area (Å²) in [5, 5.41) is 0. The number of benzene rings is 2. The van der Waals surface area contributed by atoms with E-state index in [1.165, 1.54) is 4.31 Å². The predicted octanol–water partition coefficient (Wildman–Crippen LogP) is 2.79. The molecule has 0 saturated carbocycles. The van der Waals surface area contributed by atoms with Gasteiger partial charge in [0, 0.05) is 38.0 Å². The molecule has 2 aromatic rings. The Labute approximate surface area is 201 Å². The van der Waals surface area contributed by atoms with Gasteiger partial charge in [-0.2, -0.15) is 4.31 Å². The van der Waals surface area contributed by atoms with E-state index in [0.29, 0.717) is 57.2 Å². The second-order valence-corrected chi connectivity index (χ2v) is 10.8. The molecule has 2 fully saturated rings. The monoisotopic (exact) mass is 488 g/mol. The molecular weight excluding hydrogens is 456 g/mol. The molecule has 0 bridgehead atoms. The molecule has 1 atom stereocenters. The fourth-order valence-electron chi connectivity index (χ4n) is 4.58. The molecule has 0 spiro atoms. The molecule has 2 heterocycles. The number of ether oxygens (including phenoxy) is 3. The van der Waals surface area contributed by atoms with Crippen molar-refractivity contribution in [2.24, 2.45) is 5.41 Å². The van der Waals surface area contributed by atoms with Gasteiger partial charge in [0.1, 0.15) is 11.5 Å². The molecule has 0 unspecified atom stereocenters. The highest BCUT2D eigenvalue weighted by Crippen LogP contribution is 2.37. The van der Waals surface area contributed by atoms with Crippen LogP contribution in [0.3, 0.4) is 0 Å². The fraction of sp³-hybridized carbons (Fsp3) is 0.480. The van der Waals surface area contributed by atoms with E-state index in [4.69, 9.17) is 14.2 Å². The van der Waals surface area contributed by atoms with E-state index in [9.17, 15) is 13.2 Å². The zero-order chi connectivity index (χ0) is 24.0. The highest BCUT2D eigenvalue weighted by Gasteiger charge is 2.43. The van der Waals surface area contributed by atoms with Crippen LogP contribution < -0.4 is 9.47 Å². The molecule has 2 saturated heterocycles. The lowest BCUT2D eigenvalue weighted by Gasteiger charge is -2.42. The Bertz CT molecular complexity index is 1050. The van der Waals surface area contributed by atoms with Gasteiger partial charge < -0.3 is 19.1 Å². The van der Waals surface area contributed by atoms with E-state index in [2.05, 4.69) is 0 Å². The van der Waals surface area contributed by atoms with E-state index < -0.39 is 15.4 Å². The molecule has 1 amide bonds. The van der Waals surface area contributed by atoms with Gasteiger partial charge >= 0.3 is 0 Å². The summed E-state index contributed by atoms with van der Waals surface area (Å²) in [4.78, 5) is 15.2. The zero-order valence-corrected chi connectivity index (χ0v) is 20.3. The lowest BCUT2D eigenvalue weighted by molar-refractivity contribution is -0.139. The number of carbonyl (C=O) groups excluding carboxylic acids is 1. The van der Waals surface area contributed by atoms with Crippen molar-refractivity contribution in [1.29, 1.82) is 0 Å². The minimum absolute atomic E-state index is 0.0173. The molecule has 0 aromatic heterocycles. The smallest absolute Gasteiger partial charge is 0.243 e. The van der Waals surface area contributed by atoms with Crippen LogP contribution >= 0.6 is 0 Å². The molecule has 8 nitrogen and oxygen atoms in total. The van der Waals surface area contributed by atoms with Gasteiger partial charge in [0.25, 0.3) is 0 Å². The summed E-state index contributed by atoms with van der Waals surface area (Å²) in [6.07, 6.45) is 1.60. The third kappa shape index (κ3) is 5.71. The van der Waals surface area contributed by atoms with E-state index in [0.717, 1.165) is 0 Å². The first-order chi connectivity index (χ1) is 16.4. The average molecular weight is 489 g/mol. The van der Waals surface area contributed by atoms with Gasteiger partial charge in [0.15, 0.2) is 0 Å².